The third-order valence-electron chi connectivity index (χ3n) is 6.40. The standard InChI is InChI=1S/C28H40O4/c1-7-28(8-2,23-14-15-25(20(3)17-23)32-19-24(30)18-29)22-12-9-21(10-13-22)11-16-26(31)27(4,5)6/h9-17,24,26,29-31H,7-8,18-19H2,1-6H3/b16-11+/t24-,26?/m0/s1. The first-order chi connectivity index (χ1) is 15.1. The molecule has 2 atom stereocenters. The summed E-state index contributed by atoms with van der Waals surface area (Å²) in [6.45, 7) is 12.3. The Morgan fingerprint density at radius 2 is 1.53 bits per heavy atom. The smallest absolute Gasteiger partial charge is 0.122 e. The van der Waals surface area contributed by atoms with Crippen molar-refractivity contribution in [3.05, 3.63) is 70.8 Å². The van der Waals surface area contributed by atoms with E-state index < -0.39 is 12.2 Å². The molecule has 0 aliphatic rings. The van der Waals surface area contributed by atoms with E-state index in [0.29, 0.717) is 0 Å². The van der Waals surface area contributed by atoms with Gasteiger partial charge < -0.3 is 20.1 Å². The Balaban J connectivity index is 2.30. The maximum atomic E-state index is 10.3. The van der Waals surface area contributed by atoms with Crippen molar-refractivity contribution in [1.29, 1.82) is 0 Å². The van der Waals surface area contributed by atoms with E-state index in [1.807, 2.05) is 45.9 Å². The summed E-state index contributed by atoms with van der Waals surface area (Å²) in [6.07, 6.45) is 4.40. The van der Waals surface area contributed by atoms with Crippen LogP contribution in [0.25, 0.3) is 6.08 Å². The Bertz CT molecular complexity index is 873. The molecule has 2 rings (SSSR count). The van der Waals surface area contributed by atoms with Crippen LogP contribution in [0.4, 0.5) is 0 Å². The van der Waals surface area contributed by atoms with E-state index in [9.17, 15) is 10.2 Å². The SMILES string of the molecule is CCC(CC)(c1ccc(/C=C/C(O)C(C)(C)C)cc1)c1ccc(OC[C@@H](O)CO)c(C)c1. The molecule has 0 saturated carbocycles. The minimum absolute atomic E-state index is 0.0717. The number of benzene rings is 2. The van der Waals surface area contributed by atoms with Crippen molar-refractivity contribution in [3.63, 3.8) is 0 Å². The molecule has 0 fully saturated rings. The second kappa shape index (κ2) is 11.1. The summed E-state index contributed by atoms with van der Waals surface area (Å²) < 4.78 is 5.68. The monoisotopic (exact) mass is 440 g/mol. The Morgan fingerprint density at radius 1 is 0.938 bits per heavy atom. The number of rotatable bonds is 10. The van der Waals surface area contributed by atoms with Crippen LogP contribution in [0.5, 0.6) is 5.75 Å². The zero-order valence-electron chi connectivity index (χ0n) is 20.4. The van der Waals surface area contributed by atoms with Crippen LogP contribution < -0.4 is 4.74 Å². The van der Waals surface area contributed by atoms with Gasteiger partial charge in [0.25, 0.3) is 0 Å². The fourth-order valence-electron chi connectivity index (χ4n) is 3.99. The van der Waals surface area contributed by atoms with Crippen LogP contribution in [0.3, 0.4) is 0 Å². The number of aryl methyl sites for hydroxylation is 1. The van der Waals surface area contributed by atoms with E-state index >= 15 is 0 Å². The molecule has 0 radical (unpaired) electrons. The van der Waals surface area contributed by atoms with Gasteiger partial charge in [-0.05, 0) is 53.5 Å². The van der Waals surface area contributed by atoms with Crippen LogP contribution in [0.1, 0.15) is 69.7 Å². The van der Waals surface area contributed by atoms with E-state index in [1.54, 1.807) is 0 Å². The summed E-state index contributed by atoms with van der Waals surface area (Å²) in [5.41, 5.74) is 4.29. The van der Waals surface area contributed by atoms with E-state index in [1.165, 1.54) is 11.1 Å². The maximum Gasteiger partial charge on any atom is 0.122 e. The zero-order chi connectivity index (χ0) is 23.9. The first-order valence-electron chi connectivity index (χ1n) is 11.6. The quantitative estimate of drug-likeness (QED) is 0.472. The lowest BCUT2D eigenvalue weighted by Gasteiger charge is -2.34. The summed E-state index contributed by atoms with van der Waals surface area (Å²) in [5, 5.41) is 28.8. The molecule has 176 valence electrons. The summed E-state index contributed by atoms with van der Waals surface area (Å²) in [7, 11) is 0. The minimum Gasteiger partial charge on any atom is -0.491 e. The van der Waals surface area contributed by atoms with Crippen molar-refractivity contribution >= 4 is 6.08 Å². The topological polar surface area (TPSA) is 69.9 Å². The molecule has 0 heterocycles. The van der Waals surface area contributed by atoms with Gasteiger partial charge in [0.2, 0.25) is 0 Å². The molecular formula is C28H40O4. The van der Waals surface area contributed by atoms with Gasteiger partial charge in [-0.1, -0.05) is 83.2 Å². The second-order valence-electron chi connectivity index (χ2n) is 9.71. The maximum absolute atomic E-state index is 10.3. The highest BCUT2D eigenvalue weighted by atomic mass is 16.5. The first kappa shape index (κ1) is 26.1. The van der Waals surface area contributed by atoms with Crippen molar-refractivity contribution in [3.8, 4) is 5.75 Å². The second-order valence-corrected chi connectivity index (χ2v) is 9.71. The number of hydrogen-bond acceptors (Lipinski definition) is 4. The molecule has 3 N–H and O–H groups in total. The molecule has 4 heteroatoms. The molecular weight excluding hydrogens is 400 g/mol. The van der Waals surface area contributed by atoms with Gasteiger partial charge in [0.15, 0.2) is 0 Å². The zero-order valence-corrected chi connectivity index (χ0v) is 20.4. The molecule has 2 aromatic carbocycles. The van der Waals surface area contributed by atoms with Gasteiger partial charge in [-0.2, -0.15) is 0 Å². The third kappa shape index (κ3) is 6.22. The van der Waals surface area contributed by atoms with Gasteiger partial charge in [0.05, 0.1) is 12.7 Å². The van der Waals surface area contributed by atoms with Crippen LogP contribution >= 0.6 is 0 Å². The molecule has 2 aromatic rings. The first-order valence-corrected chi connectivity index (χ1v) is 11.6. The van der Waals surface area contributed by atoms with E-state index in [4.69, 9.17) is 9.84 Å². The summed E-state index contributed by atoms with van der Waals surface area (Å²) in [4.78, 5) is 0. The molecule has 0 amide bonds. The lowest BCUT2D eigenvalue weighted by molar-refractivity contribution is 0.0534. The predicted octanol–water partition coefficient (Wildman–Crippen LogP) is 5.25. The highest BCUT2D eigenvalue weighted by Crippen LogP contribution is 2.40. The predicted molar refractivity (Wildman–Crippen MR) is 132 cm³/mol. The summed E-state index contributed by atoms with van der Waals surface area (Å²) >= 11 is 0. The number of hydrogen-bond donors (Lipinski definition) is 3. The largest absolute Gasteiger partial charge is 0.491 e. The van der Waals surface area contributed by atoms with Crippen LogP contribution in [-0.2, 0) is 5.41 Å². The number of aliphatic hydroxyl groups excluding tert-OH is 3. The molecule has 4 nitrogen and oxygen atoms in total. The van der Waals surface area contributed by atoms with Crippen molar-refractivity contribution in [1.82, 2.24) is 0 Å². The fraction of sp³-hybridized carbons (Fsp3) is 0.500. The Morgan fingerprint density at radius 3 is 2.03 bits per heavy atom. The van der Waals surface area contributed by atoms with E-state index in [0.717, 1.165) is 29.7 Å². The molecule has 32 heavy (non-hydrogen) atoms. The van der Waals surface area contributed by atoms with Crippen molar-refractivity contribution in [2.24, 2.45) is 5.41 Å². The van der Waals surface area contributed by atoms with E-state index in [2.05, 4.69) is 50.2 Å². The normalized spacial score (nSPS) is 14.5. The fourth-order valence-corrected chi connectivity index (χ4v) is 3.99. The van der Waals surface area contributed by atoms with Gasteiger partial charge in [0, 0.05) is 5.41 Å². The summed E-state index contributed by atoms with van der Waals surface area (Å²) in [5.74, 6) is 0.722. The lowest BCUT2D eigenvalue weighted by atomic mass is 9.70. The molecule has 0 bridgehead atoms. The molecule has 1 unspecified atom stereocenters. The third-order valence-corrected chi connectivity index (χ3v) is 6.40. The number of aliphatic hydroxyl groups is 3. The van der Waals surface area contributed by atoms with Gasteiger partial charge in [-0.3, -0.25) is 0 Å². The van der Waals surface area contributed by atoms with Crippen molar-refractivity contribution in [2.45, 2.75) is 72.0 Å². The van der Waals surface area contributed by atoms with Crippen LogP contribution in [0, 0.1) is 12.3 Å². The minimum atomic E-state index is -0.878. The van der Waals surface area contributed by atoms with Gasteiger partial charge in [-0.25, -0.2) is 0 Å². The molecule has 0 spiro atoms. The van der Waals surface area contributed by atoms with Gasteiger partial charge in [0.1, 0.15) is 18.5 Å². The van der Waals surface area contributed by atoms with Gasteiger partial charge >= 0.3 is 0 Å². The van der Waals surface area contributed by atoms with Crippen molar-refractivity contribution in [2.75, 3.05) is 13.2 Å². The van der Waals surface area contributed by atoms with Crippen LogP contribution in [-0.4, -0.2) is 40.7 Å². The highest BCUT2D eigenvalue weighted by Gasteiger charge is 2.31. The Labute approximate surface area is 193 Å². The molecule has 0 aliphatic carbocycles. The lowest BCUT2D eigenvalue weighted by Crippen LogP contribution is -2.26. The van der Waals surface area contributed by atoms with Crippen LogP contribution in [0.15, 0.2) is 48.5 Å². The molecule has 0 saturated heterocycles. The van der Waals surface area contributed by atoms with Crippen molar-refractivity contribution < 1.29 is 20.1 Å². The average molecular weight is 441 g/mol. The van der Waals surface area contributed by atoms with E-state index in [-0.39, 0.29) is 24.0 Å². The average Bonchev–Trinajstić information content (AvgIpc) is 2.77. The molecule has 0 aliphatic heterocycles. The Hall–Kier alpha value is -2.14. The highest BCUT2D eigenvalue weighted by molar-refractivity contribution is 5.53. The number of ether oxygens (including phenoxy) is 1. The van der Waals surface area contributed by atoms with Crippen LogP contribution in [0.2, 0.25) is 0 Å². The van der Waals surface area contributed by atoms with Gasteiger partial charge in [-0.15, -0.1) is 0 Å². The Kier molecular flexibility index (Phi) is 9.08. The molecule has 0 aromatic heterocycles. The summed E-state index contributed by atoms with van der Waals surface area (Å²) in [6, 6.07) is 14.8.